The molecule has 1 aliphatic rings. The molecule has 3 rings (SSSR count). The van der Waals surface area contributed by atoms with E-state index < -0.39 is 60.3 Å². The number of ether oxygens (including phenoxy) is 2. The Kier molecular flexibility index (Phi) is 7.45. The quantitative estimate of drug-likeness (QED) is 0.439. The lowest BCUT2D eigenvalue weighted by Crippen LogP contribution is -2.61. The molecular weight excluding hydrogens is 510 g/mol. The van der Waals surface area contributed by atoms with E-state index in [0.717, 1.165) is 49.9 Å². The lowest BCUT2D eigenvalue weighted by Gasteiger charge is -2.40. The van der Waals surface area contributed by atoms with E-state index in [-0.39, 0.29) is 11.3 Å². The van der Waals surface area contributed by atoms with Crippen LogP contribution in [-0.2, 0) is 19.9 Å². The number of hydrogen-bond donors (Lipinski definition) is 1. The van der Waals surface area contributed by atoms with Gasteiger partial charge in [-0.1, -0.05) is 11.6 Å². The molecular formula is C20H17ClF6N4O4. The molecule has 1 N–H and O–H groups in total. The SMILES string of the molecule is C[C@@](C(=O)N[C@H]1COCC1(F)F)(c1cncnc1)N(C(=O)[C@H](F)Cl)c1ccc(OC(F)(F)F)cc1. The zero-order valence-electron chi connectivity index (χ0n) is 17.7. The van der Waals surface area contributed by atoms with Crippen LogP contribution in [0.1, 0.15) is 12.5 Å². The third-order valence-electron chi connectivity index (χ3n) is 5.14. The maximum Gasteiger partial charge on any atom is 0.573 e. The molecule has 0 spiro atoms. The molecule has 3 atom stereocenters. The molecule has 2 amide bonds. The van der Waals surface area contributed by atoms with Crippen molar-refractivity contribution >= 4 is 29.1 Å². The second kappa shape index (κ2) is 9.85. The Labute approximate surface area is 199 Å². The topological polar surface area (TPSA) is 93.6 Å². The van der Waals surface area contributed by atoms with Gasteiger partial charge in [-0.2, -0.15) is 0 Å². The molecule has 0 aliphatic carbocycles. The number of nitrogens with one attached hydrogen (secondary N) is 1. The molecule has 0 unspecified atom stereocenters. The van der Waals surface area contributed by atoms with Crippen molar-refractivity contribution in [1.29, 1.82) is 0 Å². The summed E-state index contributed by atoms with van der Waals surface area (Å²) >= 11 is 5.37. The van der Waals surface area contributed by atoms with Gasteiger partial charge in [0, 0.05) is 23.6 Å². The summed E-state index contributed by atoms with van der Waals surface area (Å²) in [5.41, 5.74) is -5.44. The second-order valence-electron chi connectivity index (χ2n) is 7.52. The van der Waals surface area contributed by atoms with Crippen LogP contribution in [-0.4, -0.2) is 59.0 Å². The second-order valence-corrected chi connectivity index (χ2v) is 7.90. The number of aromatic nitrogens is 2. The van der Waals surface area contributed by atoms with Gasteiger partial charge >= 0.3 is 6.36 Å². The molecule has 0 saturated carbocycles. The lowest BCUT2D eigenvalue weighted by molar-refractivity contribution is -0.274. The van der Waals surface area contributed by atoms with Gasteiger partial charge in [-0.05, 0) is 31.2 Å². The Morgan fingerprint density at radius 3 is 2.31 bits per heavy atom. The fourth-order valence-corrected chi connectivity index (χ4v) is 3.49. The van der Waals surface area contributed by atoms with E-state index in [9.17, 15) is 35.9 Å². The van der Waals surface area contributed by atoms with Gasteiger partial charge in [-0.15, -0.1) is 13.2 Å². The summed E-state index contributed by atoms with van der Waals surface area (Å²) in [6.45, 7) is -0.411. The standard InChI is InChI=1S/C20H17ClF6N4O4/c1-18(11-6-28-10-29-7-11,17(33)30-14-8-34-9-19(14,23)24)31(16(32)15(21)22)12-2-4-13(5-3-12)35-20(25,26)27/h2-7,10,14-15H,8-9H2,1H3,(H,30,33)/t14-,15-,18-/m0/s1. The highest BCUT2D eigenvalue weighted by atomic mass is 35.5. The number of amides is 2. The molecule has 0 bridgehead atoms. The third kappa shape index (κ3) is 5.75. The highest BCUT2D eigenvalue weighted by Gasteiger charge is 2.52. The zero-order valence-corrected chi connectivity index (χ0v) is 18.5. The van der Waals surface area contributed by atoms with E-state index >= 15 is 0 Å². The van der Waals surface area contributed by atoms with Gasteiger partial charge in [0.05, 0.1) is 6.61 Å². The average Bonchev–Trinajstić information content (AvgIpc) is 3.11. The van der Waals surface area contributed by atoms with Crippen molar-refractivity contribution < 1.29 is 45.4 Å². The first-order valence-electron chi connectivity index (χ1n) is 9.76. The van der Waals surface area contributed by atoms with E-state index in [1.54, 1.807) is 0 Å². The van der Waals surface area contributed by atoms with E-state index in [1.165, 1.54) is 0 Å². The third-order valence-corrected chi connectivity index (χ3v) is 5.33. The van der Waals surface area contributed by atoms with Crippen molar-refractivity contribution in [2.75, 3.05) is 18.1 Å². The van der Waals surface area contributed by atoms with Crippen molar-refractivity contribution in [3.63, 3.8) is 0 Å². The number of hydrogen-bond acceptors (Lipinski definition) is 6. The summed E-state index contributed by atoms with van der Waals surface area (Å²) in [6.07, 6.45) is -1.77. The minimum Gasteiger partial charge on any atom is -0.406 e. The molecule has 0 radical (unpaired) electrons. The van der Waals surface area contributed by atoms with Gasteiger partial charge in [0.2, 0.25) is 0 Å². The number of nitrogens with zero attached hydrogens (tertiary/aromatic N) is 3. The van der Waals surface area contributed by atoms with Crippen LogP contribution in [0.2, 0.25) is 0 Å². The molecule has 35 heavy (non-hydrogen) atoms. The first-order chi connectivity index (χ1) is 16.3. The predicted octanol–water partition coefficient (Wildman–Crippen LogP) is 3.31. The number of rotatable bonds is 7. The molecule has 8 nitrogen and oxygen atoms in total. The van der Waals surface area contributed by atoms with Crippen LogP contribution in [0, 0.1) is 0 Å². The van der Waals surface area contributed by atoms with Crippen molar-refractivity contribution in [2.45, 2.75) is 36.4 Å². The minimum atomic E-state index is -5.01. The zero-order chi connectivity index (χ0) is 26.0. The molecule has 1 aromatic carbocycles. The molecule has 2 heterocycles. The van der Waals surface area contributed by atoms with Crippen molar-refractivity contribution in [2.24, 2.45) is 0 Å². The van der Waals surface area contributed by atoms with E-state index in [0.29, 0.717) is 4.90 Å². The van der Waals surface area contributed by atoms with Crippen LogP contribution in [0.5, 0.6) is 5.75 Å². The average molecular weight is 527 g/mol. The summed E-state index contributed by atoms with van der Waals surface area (Å²) in [4.78, 5) is 34.3. The van der Waals surface area contributed by atoms with Gasteiger partial charge in [-0.3, -0.25) is 14.5 Å². The van der Waals surface area contributed by atoms with E-state index in [4.69, 9.17) is 16.3 Å². The summed E-state index contributed by atoms with van der Waals surface area (Å²) in [7, 11) is 0. The fourth-order valence-electron chi connectivity index (χ4n) is 3.39. The Hall–Kier alpha value is -3.13. The first kappa shape index (κ1) is 26.5. The number of carbonyl (C=O) groups is 2. The summed E-state index contributed by atoms with van der Waals surface area (Å²) < 4.78 is 88.3. The summed E-state index contributed by atoms with van der Waals surface area (Å²) in [5, 5.41) is 2.09. The summed E-state index contributed by atoms with van der Waals surface area (Å²) in [6, 6.07) is 1.70. The Morgan fingerprint density at radius 2 is 1.83 bits per heavy atom. The first-order valence-corrected chi connectivity index (χ1v) is 10.2. The monoisotopic (exact) mass is 526 g/mol. The largest absolute Gasteiger partial charge is 0.573 e. The van der Waals surface area contributed by atoms with Crippen LogP contribution >= 0.6 is 11.6 Å². The number of alkyl halides is 7. The number of carbonyl (C=O) groups excluding carboxylic acids is 2. The van der Waals surface area contributed by atoms with Crippen LogP contribution in [0.3, 0.4) is 0 Å². The normalized spacial score (nSPS) is 19.9. The Balaban J connectivity index is 2.11. The molecule has 2 aromatic rings. The smallest absolute Gasteiger partial charge is 0.406 e. The number of benzene rings is 1. The minimum absolute atomic E-state index is 0.138. The molecule has 190 valence electrons. The maximum atomic E-state index is 14.1. The van der Waals surface area contributed by atoms with Gasteiger partial charge < -0.3 is 14.8 Å². The Bertz CT molecular complexity index is 1060. The van der Waals surface area contributed by atoms with Crippen molar-refractivity contribution in [1.82, 2.24) is 15.3 Å². The van der Waals surface area contributed by atoms with Crippen LogP contribution in [0.15, 0.2) is 43.0 Å². The molecule has 1 saturated heterocycles. The van der Waals surface area contributed by atoms with Crippen LogP contribution < -0.4 is 15.0 Å². The molecule has 1 fully saturated rings. The van der Waals surface area contributed by atoms with Gasteiger partial charge in [-0.25, -0.2) is 23.1 Å². The molecule has 15 heteroatoms. The van der Waals surface area contributed by atoms with E-state index in [1.807, 2.05) is 0 Å². The van der Waals surface area contributed by atoms with Gasteiger partial charge in [0.1, 0.15) is 24.7 Å². The molecule has 1 aliphatic heterocycles. The fraction of sp³-hybridized carbons (Fsp3) is 0.400. The highest BCUT2D eigenvalue weighted by Crippen LogP contribution is 2.37. The van der Waals surface area contributed by atoms with Crippen molar-refractivity contribution in [3.8, 4) is 5.75 Å². The van der Waals surface area contributed by atoms with Gasteiger partial charge in [0.15, 0.2) is 5.54 Å². The van der Waals surface area contributed by atoms with Crippen molar-refractivity contribution in [3.05, 3.63) is 48.5 Å². The van der Waals surface area contributed by atoms with E-state index in [2.05, 4.69) is 20.0 Å². The van der Waals surface area contributed by atoms with Crippen LogP contribution in [0.25, 0.3) is 0 Å². The predicted molar refractivity (Wildman–Crippen MR) is 108 cm³/mol. The number of halogens is 7. The summed E-state index contributed by atoms with van der Waals surface area (Å²) in [5.74, 6) is -6.83. The lowest BCUT2D eigenvalue weighted by atomic mass is 9.89. The Morgan fingerprint density at radius 1 is 1.23 bits per heavy atom. The van der Waals surface area contributed by atoms with Crippen LogP contribution in [0.4, 0.5) is 32.0 Å². The van der Waals surface area contributed by atoms with Gasteiger partial charge in [0.25, 0.3) is 23.4 Å². The highest BCUT2D eigenvalue weighted by molar-refractivity contribution is 6.32. The maximum absolute atomic E-state index is 14.1. The molecule has 1 aromatic heterocycles. The number of anilines is 1.